The van der Waals surface area contributed by atoms with E-state index in [9.17, 15) is 4.79 Å². The van der Waals surface area contributed by atoms with E-state index in [-0.39, 0.29) is 6.03 Å². The number of hydrogen-bond acceptors (Lipinski definition) is 1. The number of anilines is 1. The van der Waals surface area contributed by atoms with Gasteiger partial charge in [-0.25, -0.2) is 4.79 Å². The molecule has 1 atom stereocenters. The predicted molar refractivity (Wildman–Crippen MR) is 80.1 cm³/mol. The highest BCUT2D eigenvalue weighted by molar-refractivity contribution is 6.35. The number of urea groups is 1. The zero-order valence-electron chi connectivity index (χ0n) is 11.0. The average molecular weight is 301 g/mol. The molecular formula is C14H18Cl2N2O. The fourth-order valence-corrected chi connectivity index (χ4v) is 2.81. The molecule has 2 rings (SSSR count). The highest BCUT2D eigenvalue weighted by Crippen LogP contribution is 2.27. The number of rotatable bonds is 2. The van der Waals surface area contributed by atoms with Crippen LogP contribution in [0, 0.1) is 0 Å². The van der Waals surface area contributed by atoms with Gasteiger partial charge in [-0.15, -0.1) is 0 Å². The molecule has 104 valence electrons. The Morgan fingerprint density at radius 2 is 2.21 bits per heavy atom. The number of piperidine rings is 1. The van der Waals surface area contributed by atoms with Crippen LogP contribution in [0.5, 0.6) is 0 Å². The smallest absolute Gasteiger partial charge is 0.322 e. The van der Waals surface area contributed by atoms with Crippen molar-refractivity contribution in [1.82, 2.24) is 4.90 Å². The molecule has 2 amide bonds. The van der Waals surface area contributed by atoms with Crippen molar-refractivity contribution in [3.63, 3.8) is 0 Å². The first-order chi connectivity index (χ1) is 9.11. The van der Waals surface area contributed by atoms with Crippen molar-refractivity contribution in [3.8, 4) is 0 Å². The van der Waals surface area contributed by atoms with Gasteiger partial charge in [0.1, 0.15) is 0 Å². The van der Waals surface area contributed by atoms with Crippen LogP contribution in [0.1, 0.15) is 32.6 Å². The predicted octanol–water partition coefficient (Wildman–Crippen LogP) is 4.79. The Morgan fingerprint density at radius 3 is 2.95 bits per heavy atom. The summed E-state index contributed by atoms with van der Waals surface area (Å²) < 4.78 is 0. The molecule has 1 fully saturated rings. The van der Waals surface area contributed by atoms with E-state index >= 15 is 0 Å². The molecule has 0 bridgehead atoms. The Kier molecular flexibility index (Phi) is 4.94. The number of halogens is 2. The first-order valence-corrected chi connectivity index (χ1v) is 7.40. The van der Waals surface area contributed by atoms with Crippen molar-refractivity contribution in [3.05, 3.63) is 28.2 Å². The largest absolute Gasteiger partial charge is 0.322 e. The number of carbonyl (C=O) groups excluding carboxylic acids is 1. The summed E-state index contributed by atoms with van der Waals surface area (Å²) in [6.07, 6.45) is 4.32. The van der Waals surface area contributed by atoms with E-state index in [4.69, 9.17) is 23.2 Å². The molecule has 1 aliphatic heterocycles. The van der Waals surface area contributed by atoms with Gasteiger partial charge in [-0.3, -0.25) is 0 Å². The molecule has 1 aliphatic rings. The molecule has 1 saturated heterocycles. The van der Waals surface area contributed by atoms with E-state index in [1.807, 2.05) is 4.90 Å². The summed E-state index contributed by atoms with van der Waals surface area (Å²) in [6, 6.07) is 5.30. The quantitative estimate of drug-likeness (QED) is 0.837. The van der Waals surface area contributed by atoms with Crippen LogP contribution in [0.15, 0.2) is 18.2 Å². The molecule has 1 unspecified atom stereocenters. The number of carbonyl (C=O) groups is 1. The van der Waals surface area contributed by atoms with E-state index < -0.39 is 0 Å². The number of nitrogens with zero attached hydrogens (tertiary/aromatic N) is 1. The second kappa shape index (κ2) is 6.49. The minimum absolute atomic E-state index is 0.0873. The standard InChI is InChI=1S/C14H18Cl2N2O/c1-2-11-5-3-4-8-18(11)14(19)17-13-9-10(15)6-7-12(13)16/h6-7,9,11H,2-5,8H2,1H3,(H,17,19). The molecule has 1 N–H and O–H groups in total. The van der Waals surface area contributed by atoms with E-state index in [1.165, 1.54) is 6.42 Å². The maximum Gasteiger partial charge on any atom is 0.322 e. The molecule has 0 spiro atoms. The van der Waals surface area contributed by atoms with Crippen molar-refractivity contribution in [2.24, 2.45) is 0 Å². The van der Waals surface area contributed by atoms with Crippen LogP contribution >= 0.6 is 23.2 Å². The second-order valence-corrected chi connectivity index (χ2v) is 5.65. The third-order valence-corrected chi connectivity index (χ3v) is 4.09. The van der Waals surface area contributed by atoms with Crippen LogP contribution in [0.2, 0.25) is 10.0 Å². The monoisotopic (exact) mass is 300 g/mol. The number of hydrogen-bond donors (Lipinski definition) is 1. The van der Waals surface area contributed by atoms with Crippen LogP contribution in [0.25, 0.3) is 0 Å². The summed E-state index contributed by atoms with van der Waals surface area (Å²) in [7, 11) is 0. The number of benzene rings is 1. The van der Waals surface area contributed by atoms with Crippen molar-refractivity contribution >= 4 is 34.9 Å². The summed E-state index contributed by atoms with van der Waals surface area (Å²) in [5.74, 6) is 0. The van der Waals surface area contributed by atoms with E-state index in [2.05, 4.69) is 12.2 Å². The highest BCUT2D eigenvalue weighted by Gasteiger charge is 2.25. The Hall–Kier alpha value is -0.930. The molecule has 1 heterocycles. The first-order valence-electron chi connectivity index (χ1n) is 6.64. The lowest BCUT2D eigenvalue weighted by Gasteiger charge is -2.35. The summed E-state index contributed by atoms with van der Waals surface area (Å²) in [5, 5.41) is 3.92. The molecule has 0 saturated carbocycles. The lowest BCUT2D eigenvalue weighted by Crippen LogP contribution is -2.45. The van der Waals surface area contributed by atoms with E-state index in [0.717, 1.165) is 25.8 Å². The third-order valence-electron chi connectivity index (χ3n) is 3.53. The Balaban J connectivity index is 2.09. The van der Waals surface area contributed by atoms with Crippen molar-refractivity contribution in [1.29, 1.82) is 0 Å². The van der Waals surface area contributed by atoms with E-state index in [1.54, 1.807) is 18.2 Å². The summed E-state index contributed by atoms with van der Waals surface area (Å²) in [6.45, 7) is 2.92. The summed E-state index contributed by atoms with van der Waals surface area (Å²) in [5.41, 5.74) is 0.569. The lowest BCUT2D eigenvalue weighted by atomic mass is 10.0. The number of likely N-dealkylation sites (tertiary alicyclic amines) is 1. The van der Waals surface area contributed by atoms with Crippen LogP contribution in [0.4, 0.5) is 10.5 Å². The van der Waals surface area contributed by atoms with Crippen LogP contribution in [0.3, 0.4) is 0 Å². The fraction of sp³-hybridized carbons (Fsp3) is 0.500. The van der Waals surface area contributed by atoms with Gasteiger partial charge < -0.3 is 10.2 Å². The first kappa shape index (κ1) is 14.5. The minimum atomic E-state index is -0.0873. The third kappa shape index (κ3) is 3.54. The maximum absolute atomic E-state index is 12.3. The van der Waals surface area contributed by atoms with Gasteiger partial charge in [0.25, 0.3) is 0 Å². The fourth-order valence-electron chi connectivity index (χ4n) is 2.47. The van der Waals surface area contributed by atoms with Crippen molar-refractivity contribution in [2.45, 2.75) is 38.6 Å². The van der Waals surface area contributed by atoms with Gasteiger partial charge in [-0.1, -0.05) is 30.1 Å². The van der Waals surface area contributed by atoms with Crippen LogP contribution in [-0.2, 0) is 0 Å². The van der Waals surface area contributed by atoms with Crippen LogP contribution < -0.4 is 5.32 Å². The number of amides is 2. The SMILES string of the molecule is CCC1CCCCN1C(=O)Nc1cc(Cl)ccc1Cl. The van der Waals surface area contributed by atoms with Gasteiger partial charge in [-0.05, 0) is 43.9 Å². The normalized spacial score (nSPS) is 19.3. The topological polar surface area (TPSA) is 32.3 Å². The Morgan fingerprint density at radius 1 is 1.42 bits per heavy atom. The molecule has 0 aromatic heterocycles. The van der Waals surface area contributed by atoms with Gasteiger partial charge in [0, 0.05) is 17.6 Å². The molecular weight excluding hydrogens is 283 g/mol. The van der Waals surface area contributed by atoms with Gasteiger partial charge >= 0.3 is 6.03 Å². The second-order valence-electron chi connectivity index (χ2n) is 4.81. The zero-order valence-corrected chi connectivity index (χ0v) is 12.5. The average Bonchev–Trinajstić information content (AvgIpc) is 2.42. The molecule has 1 aromatic rings. The molecule has 1 aromatic carbocycles. The Bertz CT molecular complexity index is 465. The lowest BCUT2D eigenvalue weighted by molar-refractivity contribution is 0.160. The molecule has 19 heavy (non-hydrogen) atoms. The molecule has 0 aliphatic carbocycles. The van der Waals surface area contributed by atoms with Crippen molar-refractivity contribution < 1.29 is 4.79 Å². The van der Waals surface area contributed by atoms with Crippen LogP contribution in [-0.4, -0.2) is 23.5 Å². The summed E-state index contributed by atoms with van der Waals surface area (Å²) >= 11 is 12.0. The Labute approximate surface area is 123 Å². The van der Waals surface area contributed by atoms with Gasteiger partial charge in [0.05, 0.1) is 10.7 Å². The van der Waals surface area contributed by atoms with E-state index in [0.29, 0.717) is 21.8 Å². The highest BCUT2D eigenvalue weighted by atomic mass is 35.5. The van der Waals surface area contributed by atoms with Gasteiger partial charge in [0.2, 0.25) is 0 Å². The zero-order chi connectivity index (χ0) is 13.8. The summed E-state index contributed by atoms with van der Waals surface area (Å²) in [4.78, 5) is 14.2. The minimum Gasteiger partial charge on any atom is -0.322 e. The maximum atomic E-state index is 12.3. The number of nitrogens with one attached hydrogen (secondary N) is 1. The van der Waals surface area contributed by atoms with Crippen molar-refractivity contribution in [2.75, 3.05) is 11.9 Å². The van der Waals surface area contributed by atoms with Gasteiger partial charge in [-0.2, -0.15) is 0 Å². The van der Waals surface area contributed by atoms with Gasteiger partial charge in [0.15, 0.2) is 0 Å². The molecule has 5 heteroatoms. The molecule has 3 nitrogen and oxygen atoms in total. The molecule has 0 radical (unpaired) electrons.